The highest BCUT2D eigenvalue weighted by atomic mass is 79.9. The molecule has 4 heteroatoms. The van der Waals surface area contributed by atoms with Gasteiger partial charge in [0.15, 0.2) is 0 Å². The van der Waals surface area contributed by atoms with Crippen molar-refractivity contribution in [2.24, 2.45) is 5.92 Å². The largest absolute Gasteiger partial charge is 0.389 e. The van der Waals surface area contributed by atoms with Gasteiger partial charge in [-0.05, 0) is 47.4 Å². The second-order valence-electron chi connectivity index (χ2n) is 4.55. The number of hydrogen-bond acceptors (Lipinski definition) is 3. The highest BCUT2D eigenvalue weighted by molar-refractivity contribution is 9.11. The van der Waals surface area contributed by atoms with Crippen molar-refractivity contribution in [3.63, 3.8) is 0 Å². The topological polar surface area (TPSA) is 32.3 Å². The van der Waals surface area contributed by atoms with Gasteiger partial charge in [0.2, 0.25) is 0 Å². The third-order valence-electron chi connectivity index (χ3n) is 3.49. The average Bonchev–Trinajstić information content (AvgIpc) is 2.64. The van der Waals surface area contributed by atoms with Gasteiger partial charge >= 0.3 is 0 Å². The normalized spacial score (nSPS) is 30.6. The van der Waals surface area contributed by atoms with Crippen molar-refractivity contribution in [3.8, 4) is 0 Å². The summed E-state index contributed by atoms with van der Waals surface area (Å²) in [5.41, 5.74) is -0.510. The zero-order chi connectivity index (χ0) is 11.6. The summed E-state index contributed by atoms with van der Waals surface area (Å²) in [6.45, 7) is 4.03. The molecule has 1 aromatic rings. The minimum atomic E-state index is -0.510. The number of rotatable bonds is 3. The number of aliphatic hydroxyl groups is 1. The lowest BCUT2D eigenvalue weighted by Gasteiger charge is -2.40. The molecule has 1 aromatic heterocycles. The quantitative estimate of drug-likeness (QED) is 0.900. The molecule has 0 saturated carbocycles. The molecule has 90 valence electrons. The van der Waals surface area contributed by atoms with Gasteiger partial charge in [-0.3, -0.25) is 0 Å². The Morgan fingerprint density at radius 1 is 1.62 bits per heavy atom. The molecule has 2 atom stereocenters. The first-order chi connectivity index (χ1) is 7.64. The zero-order valence-corrected chi connectivity index (χ0v) is 11.9. The maximum absolute atomic E-state index is 10.7. The standard InChI is InChI=1S/C12H18BrNOS/c1-2-9-8-14-6-5-12(9,15)7-10-3-4-11(13)16-10/h3-4,9,14-15H,2,5-8H2,1H3. The smallest absolute Gasteiger partial charge is 0.0747 e. The lowest BCUT2D eigenvalue weighted by atomic mass is 9.77. The van der Waals surface area contributed by atoms with Crippen LogP contribution in [0, 0.1) is 5.92 Å². The fourth-order valence-electron chi connectivity index (χ4n) is 2.48. The Kier molecular flexibility index (Phi) is 4.06. The van der Waals surface area contributed by atoms with Gasteiger partial charge in [0, 0.05) is 23.8 Å². The van der Waals surface area contributed by atoms with Crippen molar-refractivity contribution in [2.75, 3.05) is 13.1 Å². The fraction of sp³-hybridized carbons (Fsp3) is 0.667. The third kappa shape index (κ3) is 2.67. The van der Waals surface area contributed by atoms with E-state index in [1.807, 2.05) is 0 Å². The van der Waals surface area contributed by atoms with E-state index in [2.05, 4.69) is 40.3 Å². The van der Waals surface area contributed by atoms with Crippen LogP contribution in [0.5, 0.6) is 0 Å². The van der Waals surface area contributed by atoms with Crippen LogP contribution in [0.3, 0.4) is 0 Å². The second kappa shape index (κ2) is 5.17. The van der Waals surface area contributed by atoms with E-state index in [4.69, 9.17) is 0 Å². The summed E-state index contributed by atoms with van der Waals surface area (Å²) in [4.78, 5) is 1.27. The van der Waals surface area contributed by atoms with Crippen LogP contribution in [0.1, 0.15) is 24.6 Å². The summed E-state index contributed by atoms with van der Waals surface area (Å²) in [6.07, 6.45) is 2.69. The molecule has 0 bridgehead atoms. The molecule has 2 heterocycles. The first-order valence-corrected chi connectivity index (χ1v) is 7.42. The van der Waals surface area contributed by atoms with Crippen LogP contribution < -0.4 is 5.32 Å². The Bertz CT molecular complexity index is 355. The third-order valence-corrected chi connectivity index (χ3v) is 5.11. The predicted octanol–water partition coefficient (Wildman–Crippen LogP) is 2.80. The van der Waals surface area contributed by atoms with Crippen LogP contribution >= 0.6 is 27.3 Å². The van der Waals surface area contributed by atoms with Gasteiger partial charge in [-0.1, -0.05) is 6.92 Å². The van der Waals surface area contributed by atoms with E-state index in [1.165, 1.54) is 4.88 Å². The summed E-state index contributed by atoms with van der Waals surface area (Å²) in [6, 6.07) is 4.17. The van der Waals surface area contributed by atoms with E-state index < -0.39 is 5.60 Å². The number of thiophene rings is 1. The minimum Gasteiger partial charge on any atom is -0.389 e. The number of piperidine rings is 1. The molecule has 1 fully saturated rings. The van der Waals surface area contributed by atoms with Gasteiger partial charge in [0.25, 0.3) is 0 Å². The maximum atomic E-state index is 10.7. The van der Waals surface area contributed by atoms with Crippen LogP contribution in [0.25, 0.3) is 0 Å². The van der Waals surface area contributed by atoms with Gasteiger partial charge in [-0.15, -0.1) is 11.3 Å². The molecular formula is C12H18BrNOS. The lowest BCUT2D eigenvalue weighted by Crippen LogP contribution is -2.51. The van der Waals surface area contributed by atoms with Crippen molar-refractivity contribution >= 4 is 27.3 Å². The second-order valence-corrected chi connectivity index (χ2v) is 7.09. The van der Waals surface area contributed by atoms with E-state index in [0.717, 1.165) is 36.1 Å². The van der Waals surface area contributed by atoms with Crippen LogP contribution in [0.2, 0.25) is 0 Å². The summed E-state index contributed by atoms with van der Waals surface area (Å²) in [5, 5.41) is 14.1. The van der Waals surface area contributed by atoms with E-state index in [-0.39, 0.29) is 0 Å². The SMILES string of the molecule is CCC1CNCCC1(O)Cc1ccc(Br)s1. The van der Waals surface area contributed by atoms with Crippen LogP contribution in [0.15, 0.2) is 15.9 Å². The first kappa shape index (κ1) is 12.6. The molecular weight excluding hydrogens is 286 g/mol. The Hall–Kier alpha value is 0.1000. The van der Waals surface area contributed by atoms with Crippen LogP contribution in [0.4, 0.5) is 0 Å². The zero-order valence-electron chi connectivity index (χ0n) is 9.50. The van der Waals surface area contributed by atoms with Crippen molar-refractivity contribution in [1.82, 2.24) is 5.32 Å². The summed E-state index contributed by atoms with van der Waals surface area (Å²) >= 11 is 5.20. The molecule has 1 aliphatic heterocycles. The summed E-state index contributed by atoms with van der Waals surface area (Å²) < 4.78 is 1.15. The highest BCUT2D eigenvalue weighted by Gasteiger charge is 2.37. The molecule has 0 spiro atoms. The van der Waals surface area contributed by atoms with Crippen molar-refractivity contribution < 1.29 is 5.11 Å². The van der Waals surface area contributed by atoms with Gasteiger partial charge in [-0.25, -0.2) is 0 Å². The Morgan fingerprint density at radius 3 is 3.06 bits per heavy atom. The van der Waals surface area contributed by atoms with Crippen molar-refractivity contribution in [3.05, 3.63) is 20.8 Å². The van der Waals surface area contributed by atoms with Gasteiger partial charge in [0.1, 0.15) is 0 Å². The average molecular weight is 304 g/mol. The van der Waals surface area contributed by atoms with E-state index in [9.17, 15) is 5.11 Å². The van der Waals surface area contributed by atoms with Crippen LogP contribution in [-0.2, 0) is 6.42 Å². The molecule has 0 aromatic carbocycles. The molecule has 0 aliphatic carbocycles. The number of halogens is 1. The Balaban J connectivity index is 2.10. The lowest BCUT2D eigenvalue weighted by molar-refractivity contribution is -0.0408. The molecule has 1 saturated heterocycles. The minimum absolute atomic E-state index is 0.377. The molecule has 2 N–H and O–H groups in total. The van der Waals surface area contributed by atoms with E-state index >= 15 is 0 Å². The number of hydrogen-bond donors (Lipinski definition) is 2. The van der Waals surface area contributed by atoms with Gasteiger partial charge in [-0.2, -0.15) is 0 Å². The molecule has 1 aliphatic rings. The van der Waals surface area contributed by atoms with Crippen molar-refractivity contribution in [2.45, 2.75) is 31.8 Å². The van der Waals surface area contributed by atoms with Gasteiger partial charge < -0.3 is 10.4 Å². The molecule has 0 amide bonds. The van der Waals surface area contributed by atoms with E-state index in [1.54, 1.807) is 11.3 Å². The van der Waals surface area contributed by atoms with E-state index in [0.29, 0.717) is 5.92 Å². The summed E-state index contributed by atoms with van der Waals surface area (Å²) in [7, 11) is 0. The molecule has 16 heavy (non-hydrogen) atoms. The monoisotopic (exact) mass is 303 g/mol. The highest BCUT2D eigenvalue weighted by Crippen LogP contribution is 2.33. The fourth-order valence-corrected chi connectivity index (χ4v) is 4.08. The molecule has 2 unspecified atom stereocenters. The molecule has 2 rings (SSSR count). The number of nitrogens with one attached hydrogen (secondary N) is 1. The molecule has 2 nitrogen and oxygen atoms in total. The first-order valence-electron chi connectivity index (χ1n) is 5.81. The Labute approximate surface area is 109 Å². The van der Waals surface area contributed by atoms with Crippen molar-refractivity contribution in [1.29, 1.82) is 0 Å². The summed E-state index contributed by atoms with van der Waals surface area (Å²) in [5.74, 6) is 0.377. The molecule has 0 radical (unpaired) electrons. The Morgan fingerprint density at radius 2 is 2.44 bits per heavy atom. The van der Waals surface area contributed by atoms with Crippen LogP contribution in [-0.4, -0.2) is 23.8 Å². The maximum Gasteiger partial charge on any atom is 0.0747 e. The van der Waals surface area contributed by atoms with Gasteiger partial charge in [0.05, 0.1) is 9.39 Å². The predicted molar refractivity (Wildman–Crippen MR) is 71.9 cm³/mol.